The van der Waals surface area contributed by atoms with Crippen LogP contribution in [0.3, 0.4) is 0 Å². The molecule has 1 fully saturated rings. The summed E-state index contributed by atoms with van der Waals surface area (Å²) in [5, 5.41) is 29.2. The molecule has 1 aromatic carbocycles. The summed E-state index contributed by atoms with van der Waals surface area (Å²) in [6.07, 6.45) is 3.55. The van der Waals surface area contributed by atoms with E-state index in [9.17, 15) is 15.3 Å². The summed E-state index contributed by atoms with van der Waals surface area (Å²) < 4.78 is 0. The zero-order chi connectivity index (χ0) is 12.4. The lowest BCUT2D eigenvalue weighted by Crippen LogP contribution is -2.31. The van der Waals surface area contributed by atoms with Crippen molar-refractivity contribution in [3.05, 3.63) is 23.8 Å². The summed E-state index contributed by atoms with van der Waals surface area (Å²) in [5.74, 6) is 0.269. The summed E-state index contributed by atoms with van der Waals surface area (Å²) >= 11 is 0. The van der Waals surface area contributed by atoms with Gasteiger partial charge >= 0.3 is 0 Å². The Hall–Kier alpha value is -1.26. The third-order valence-electron chi connectivity index (χ3n) is 3.62. The summed E-state index contributed by atoms with van der Waals surface area (Å²) in [4.78, 5) is 0. The number of aliphatic hydroxyl groups is 1. The highest BCUT2D eigenvalue weighted by Gasteiger charge is 2.30. The molecule has 0 unspecified atom stereocenters. The minimum absolute atomic E-state index is 0.0207. The van der Waals surface area contributed by atoms with Crippen molar-refractivity contribution in [2.75, 3.05) is 0 Å². The molecule has 0 aliphatic heterocycles. The first kappa shape index (κ1) is 12.2. The topological polar surface area (TPSA) is 86.7 Å². The van der Waals surface area contributed by atoms with Gasteiger partial charge in [-0.2, -0.15) is 0 Å². The first-order chi connectivity index (χ1) is 8.09. The Morgan fingerprint density at radius 2 is 1.82 bits per heavy atom. The smallest absolute Gasteiger partial charge is 0.120 e. The van der Waals surface area contributed by atoms with Gasteiger partial charge in [0.2, 0.25) is 0 Å². The maximum Gasteiger partial charge on any atom is 0.120 e. The van der Waals surface area contributed by atoms with Crippen molar-refractivity contribution >= 4 is 0 Å². The highest BCUT2D eigenvalue weighted by molar-refractivity contribution is 5.41. The summed E-state index contributed by atoms with van der Waals surface area (Å²) in [6, 6.07) is 3.56. The molecule has 17 heavy (non-hydrogen) atoms. The number of benzene rings is 1. The lowest BCUT2D eigenvalue weighted by atomic mass is 9.90. The second-order valence-electron chi connectivity index (χ2n) is 4.80. The first-order valence-corrected chi connectivity index (χ1v) is 6.05. The van der Waals surface area contributed by atoms with Crippen LogP contribution in [0.1, 0.15) is 37.3 Å². The molecule has 4 heteroatoms. The molecule has 0 heterocycles. The van der Waals surface area contributed by atoms with Gasteiger partial charge in [0.25, 0.3) is 0 Å². The van der Waals surface area contributed by atoms with Crippen LogP contribution in [0.25, 0.3) is 0 Å². The monoisotopic (exact) mass is 237 g/mol. The fourth-order valence-corrected chi connectivity index (χ4v) is 2.58. The molecule has 1 aliphatic carbocycles. The zero-order valence-electron chi connectivity index (χ0n) is 9.71. The number of phenolic OH excluding ortho intramolecular Hbond substituents is 2. The quantitative estimate of drug-likeness (QED) is 0.602. The van der Waals surface area contributed by atoms with Crippen molar-refractivity contribution in [1.82, 2.24) is 0 Å². The van der Waals surface area contributed by atoms with Gasteiger partial charge in [0.1, 0.15) is 11.5 Å². The number of phenols is 2. The Balaban J connectivity index is 2.17. The maximum absolute atomic E-state index is 10.2. The van der Waals surface area contributed by atoms with Crippen molar-refractivity contribution in [1.29, 1.82) is 0 Å². The molecular weight excluding hydrogens is 218 g/mol. The molecule has 4 nitrogen and oxygen atoms in total. The van der Waals surface area contributed by atoms with Crippen LogP contribution in [0.15, 0.2) is 18.2 Å². The standard InChI is InChI=1S/C13H19NO3/c14-12(13(17)8-3-1-2-4-8)10-7-9(15)5-6-11(10)16/h5-8,12-13,15-17H,1-4,14H2/t12-,13+/m1/s1. The van der Waals surface area contributed by atoms with Gasteiger partial charge in [0, 0.05) is 5.56 Å². The predicted molar refractivity (Wildman–Crippen MR) is 64.7 cm³/mol. The Morgan fingerprint density at radius 1 is 1.18 bits per heavy atom. The van der Waals surface area contributed by atoms with E-state index in [1.54, 1.807) is 0 Å². The van der Waals surface area contributed by atoms with Crippen LogP contribution in [0.4, 0.5) is 0 Å². The predicted octanol–water partition coefficient (Wildman–Crippen LogP) is 1.65. The Bertz CT molecular complexity index is 388. The van der Waals surface area contributed by atoms with E-state index in [1.165, 1.54) is 18.2 Å². The second kappa shape index (κ2) is 4.94. The van der Waals surface area contributed by atoms with E-state index in [2.05, 4.69) is 0 Å². The molecule has 0 amide bonds. The van der Waals surface area contributed by atoms with Crippen LogP contribution in [-0.2, 0) is 0 Å². The molecule has 5 N–H and O–H groups in total. The Labute approximate surface area is 101 Å². The molecule has 94 valence electrons. The van der Waals surface area contributed by atoms with Gasteiger partial charge in [0.05, 0.1) is 12.1 Å². The second-order valence-corrected chi connectivity index (χ2v) is 4.80. The lowest BCUT2D eigenvalue weighted by molar-refractivity contribution is 0.0835. The van der Waals surface area contributed by atoms with E-state index in [0.717, 1.165) is 25.7 Å². The fourth-order valence-electron chi connectivity index (χ4n) is 2.58. The minimum atomic E-state index is -0.662. The third-order valence-corrected chi connectivity index (χ3v) is 3.62. The number of aliphatic hydroxyl groups excluding tert-OH is 1. The molecule has 1 aliphatic rings. The van der Waals surface area contributed by atoms with E-state index in [4.69, 9.17) is 5.73 Å². The van der Waals surface area contributed by atoms with Gasteiger partial charge in [0.15, 0.2) is 0 Å². The molecule has 0 aromatic heterocycles. The van der Waals surface area contributed by atoms with Gasteiger partial charge in [-0.25, -0.2) is 0 Å². The van der Waals surface area contributed by atoms with Crippen LogP contribution in [0.5, 0.6) is 11.5 Å². The third kappa shape index (κ3) is 2.53. The highest BCUT2D eigenvalue weighted by atomic mass is 16.3. The van der Waals surface area contributed by atoms with Gasteiger partial charge in [-0.15, -0.1) is 0 Å². The molecular formula is C13H19NO3. The molecule has 0 radical (unpaired) electrons. The van der Waals surface area contributed by atoms with Crippen molar-refractivity contribution in [2.45, 2.75) is 37.8 Å². The van der Waals surface area contributed by atoms with E-state index >= 15 is 0 Å². The normalized spacial score (nSPS) is 20.4. The van der Waals surface area contributed by atoms with Gasteiger partial charge in [-0.3, -0.25) is 0 Å². The van der Waals surface area contributed by atoms with Crippen LogP contribution >= 0.6 is 0 Å². The zero-order valence-corrected chi connectivity index (χ0v) is 9.71. The van der Waals surface area contributed by atoms with Crippen molar-refractivity contribution in [3.8, 4) is 11.5 Å². The largest absolute Gasteiger partial charge is 0.508 e. The van der Waals surface area contributed by atoms with Crippen LogP contribution in [0.2, 0.25) is 0 Å². The number of rotatable bonds is 3. The summed E-state index contributed by atoms with van der Waals surface area (Å²) in [6.45, 7) is 0. The molecule has 2 atom stereocenters. The van der Waals surface area contributed by atoms with E-state index in [1.807, 2.05) is 0 Å². The summed E-state index contributed by atoms with van der Waals surface area (Å²) in [5.41, 5.74) is 6.37. The molecule has 1 saturated carbocycles. The number of hydrogen-bond donors (Lipinski definition) is 4. The first-order valence-electron chi connectivity index (χ1n) is 6.05. The lowest BCUT2D eigenvalue weighted by Gasteiger charge is -2.25. The summed E-state index contributed by atoms with van der Waals surface area (Å²) in [7, 11) is 0. The number of nitrogens with two attached hydrogens (primary N) is 1. The average Bonchev–Trinajstić information content (AvgIpc) is 2.84. The van der Waals surface area contributed by atoms with Crippen LogP contribution in [0, 0.1) is 5.92 Å². The number of hydrogen-bond acceptors (Lipinski definition) is 4. The van der Waals surface area contributed by atoms with E-state index in [0.29, 0.717) is 5.56 Å². The SMILES string of the molecule is N[C@H](c1cc(O)ccc1O)[C@@H](O)C1CCCC1. The van der Waals surface area contributed by atoms with Crippen molar-refractivity contribution in [3.63, 3.8) is 0 Å². The maximum atomic E-state index is 10.2. The van der Waals surface area contributed by atoms with Gasteiger partial charge in [-0.1, -0.05) is 12.8 Å². The number of aromatic hydroxyl groups is 2. The van der Waals surface area contributed by atoms with Gasteiger partial charge < -0.3 is 21.1 Å². The molecule has 0 saturated heterocycles. The Morgan fingerprint density at radius 3 is 2.47 bits per heavy atom. The molecule has 0 spiro atoms. The minimum Gasteiger partial charge on any atom is -0.508 e. The molecule has 1 aromatic rings. The Kier molecular flexibility index (Phi) is 3.54. The molecule has 2 rings (SSSR count). The van der Waals surface area contributed by atoms with Crippen LogP contribution in [-0.4, -0.2) is 21.4 Å². The van der Waals surface area contributed by atoms with Crippen molar-refractivity contribution in [2.24, 2.45) is 11.7 Å². The average molecular weight is 237 g/mol. The van der Waals surface area contributed by atoms with Gasteiger partial charge in [-0.05, 0) is 37.0 Å². The fraction of sp³-hybridized carbons (Fsp3) is 0.538. The van der Waals surface area contributed by atoms with Crippen molar-refractivity contribution < 1.29 is 15.3 Å². The van der Waals surface area contributed by atoms with E-state index < -0.39 is 12.1 Å². The van der Waals surface area contributed by atoms with E-state index in [-0.39, 0.29) is 17.4 Å². The molecule has 0 bridgehead atoms. The highest BCUT2D eigenvalue weighted by Crippen LogP contribution is 2.35. The van der Waals surface area contributed by atoms with Crippen LogP contribution < -0.4 is 5.73 Å².